The van der Waals surface area contributed by atoms with Crippen LogP contribution in [-0.2, 0) is 9.59 Å². The summed E-state index contributed by atoms with van der Waals surface area (Å²) in [5.41, 5.74) is -0.0535. The Hall–Kier alpha value is -2.57. The Morgan fingerprint density at radius 3 is 2.32 bits per heavy atom. The minimum atomic E-state index is -0.581. The number of likely N-dealkylation sites (tertiary alicyclic amines) is 1. The summed E-state index contributed by atoms with van der Waals surface area (Å²) in [7, 11) is 0. The van der Waals surface area contributed by atoms with Crippen molar-refractivity contribution >= 4 is 17.7 Å². The topological polar surface area (TPSA) is 87.7 Å². The third-order valence-electron chi connectivity index (χ3n) is 4.98. The van der Waals surface area contributed by atoms with E-state index in [2.05, 4.69) is 10.6 Å². The van der Waals surface area contributed by atoms with E-state index >= 15 is 0 Å². The molecule has 1 fully saturated rings. The molecule has 7 heteroatoms. The Balaban J connectivity index is 2.09. The van der Waals surface area contributed by atoms with Crippen molar-refractivity contribution in [1.82, 2.24) is 15.5 Å². The lowest BCUT2D eigenvalue weighted by molar-refractivity contribution is -0.134. The number of para-hydroxylation sites is 1. The number of carbonyl (C=O) groups is 3. The van der Waals surface area contributed by atoms with E-state index in [1.807, 2.05) is 39.5 Å². The lowest BCUT2D eigenvalue weighted by Gasteiger charge is -2.31. The maximum absolute atomic E-state index is 13.1. The van der Waals surface area contributed by atoms with Crippen LogP contribution in [0, 0.1) is 5.92 Å². The van der Waals surface area contributed by atoms with E-state index in [-0.39, 0.29) is 35.8 Å². The molecule has 0 aromatic heterocycles. The molecule has 0 spiro atoms. The summed E-state index contributed by atoms with van der Waals surface area (Å²) >= 11 is 0. The summed E-state index contributed by atoms with van der Waals surface area (Å²) in [6.45, 7) is 11.0. The average Bonchev–Trinajstić information content (AvgIpc) is 2.70. The van der Waals surface area contributed by atoms with Gasteiger partial charge in [-0.25, -0.2) is 0 Å². The number of benzene rings is 1. The van der Waals surface area contributed by atoms with Gasteiger partial charge in [-0.05, 0) is 64.5 Å². The average molecular weight is 432 g/mol. The number of rotatable bonds is 8. The molecule has 172 valence electrons. The smallest absolute Gasteiger partial charge is 0.258 e. The van der Waals surface area contributed by atoms with Gasteiger partial charge in [-0.3, -0.25) is 14.4 Å². The predicted molar refractivity (Wildman–Crippen MR) is 121 cm³/mol. The van der Waals surface area contributed by atoms with Gasteiger partial charge in [-0.15, -0.1) is 0 Å². The van der Waals surface area contributed by atoms with Crippen molar-refractivity contribution in [3.05, 3.63) is 29.8 Å². The molecular formula is C24H37N3O4. The summed E-state index contributed by atoms with van der Waals surface area (Å²) in [5.74, 6) is -0.0855. The highest BCUT2D eigenvalue weighted by molar-refractivity contribution is 5.99. The molecule has 0 radical (unpaired) electrons. The number of ether oxygens (including phenoxy) is 1. The Morgan fingerprint density at radius 1 is 1.06 bits per heavy atom. The van der Waals surface area contributed by atoms with Gasteiger partial charge in [-0.1, -0.05) is 26.0 Å². The van der Waals surface area contributed by atoms with Gasteiger partial charge >= 0.3 is 0 Å². The summed E-state index contributed by atoms with van der Waals surface area (Å²) in [6, 6.07) is 6.20. The minimum Gasteiger partial charge on any atom is -0.483 e. The van der Waals surface area contributed by atoms with Crippen LogP contribution in [0.2, 0.25) is 0 Å². The molecule has 31 heavy (non-hydrogen) atoms. The monoisotopic (exact) mass is 431 g/mol. The predicted octanol–water partition coefficient (Wildman–Crippen LogP) is 3.14. The van der Waals surface area contributed by atoms with E-state index in [0.29, 0.717) is 17.7 Å². The lowest BCUT2D eigenvalue weighted by atomic mass is 10.0. The van der Waals surface area contributed by atoms with Crippen LogP contribution in [0.5, 0.6) is 5.75 Å². The minimum absolute atomic E-state index is 0.0234. The van der Waals surface area contributed by atoms with Crippen molar-refractivity contribution in [2.75, 3.05) is 19.7 Å². The molecule has 1 aromatic carbocycles. The maximum Gasteiger partial charge on any atom is 0.258 e. The van der Waals surface area contributed by atoms with Crippen molar-refractivity contribution in [2.24, 2.45) is 5.92 Å². The molecule has 7 nitrogen and oxygen atoms in total. The molecule has 1 aromatic rings. The zero-order valence-electron chi connectivity index (χ0n) is 19.5. The Morgan fingerprint density at radius 2 is 1.71 bits per heavy atom. The molecule has 2 rings (SSSR count). The molecule has 1 aliphatic rings. The highest BCUT2D eigenvalue weighted by Gasteiger charge is 2.28. The number of piperidine rings is 1. The number of nitrogens with zero attached hydrogens (tertiary/aromatic N) is 1. The number of nitrogens with one attached hydrogen (secondary N) is 2. The van der Waals surface area contributed by atoms with Crippen LogP contribution in [0.4, 0.5) is 0 Å². The quantitative estimate of drug-likeness (QED) is 0.662. The van der Waals surface area contributed by atoms with Crippen molar-refractivity contribution in [2.45, 2.75) is 71.9 Å². The van der Waals surface area contributed by atoms with Gasteiger partial charge < -0.3 is 20.3 Å². The van der Waals surface area contributed by atoms with Gasteiger partial charge in [0.05, 0.1) is 5.56 Å². The van der Waals surface area contributed by atoms with E-state index in [1.165, 1.54) is 0 Å². The van der Waals surface area contributed by atoms with Crippen LogP contribution >= 0.6 is 0 Å². The first-order chi connectivity index (χ1) is 14.6. The molecule has 0 saturated carbocycles. The normalized spacial score (nSPS) is 15.4. The molecule has 1 saturated heterocycles. The largest absolute Gasteiger partial charge is 0.483 e. The van der Waals surface area contributed by atoms with Gasteiger partial charge in [0.2, 0.25) is 5.91 Å². The number of amides is 3. The summed E-state index contributed by atoms with van der Waals surface area (Å²) in [4.78, 5) is 40.1. The molecule has 1 heterocycles. The SMILES string of the molecule is CC(C)C[C@H](NC(=O)c1ccccc1OCC(=O)NC(C)(C)C)C(=O)N1CCCCC1. The first kappa shape index (κ1) is 24.7. The molecule has 0 aliphatic carbocycles. The number of hydrogen-bond acceptors (Lipinski definition) is 4. The summed E-state index contributed by atoms with van der Waals surface area (Å²) in [6.07, 6.45) is 3.71. The molecule has 1 atom stereocenters. The van der Waals surface area contributed by atoms with E-state index < -0.39 is 6.04 Å². The fourth-order valence-corrected chi connectivity index (χ4v) is 3.64. The lowest BCUT2D eigenvalue weighted by Crippen LogP contribution is -2.50. The van der Waals surface area contributed by atoms with Crippen LogP contribution in [0.3, 0.4) is 0 Å². The third-order valence-corrected chi connectivity index (χ3v) is 4.98. The van der Waals surface area contributed by atoms with E-state index in [9.17, 15) is 14.4 Å². The van der Waals surface area contributed by atoms with E-state index in [1.54, 1.807) is 24.3 Å². The second kappa shape index (κ2) is 11.2. The van der Waals surface area contributed by atoms with Crippen LogP contribution in [0.1, 0.15) is 70.7 Å². The highest BCUT2D eigenvalue weighted by atomic mass is 16.5. The van der Waals surface area contributed by atoms with Crippen molar-refractivity contribution in [1.29, 1.82) is 0 Å². The van der Waals surface area contributed by atoms with Gasteiger partial charge in [-0.2, -0.15) is 0 Å². The molecule has 1 aliphatic heterocycles. The third kappa shape index (κ3) is 8.23. The molecular weight excluding hydrogens is 394 g/mol. The first-order valence-corrected chi connectivity index (χ1v) is 11.2. The van der Waals surface area contributed by atoms with Crippen LogP contribution < -0.4 is 15.4 Å². The fourth-order valence-electron chi connectivity index (χ4n) is 3.64. The van der Waals surface area contributed by atoms with Gasteiger partial charge in [0.15, 0.2) is 6.61 Å². The van der Waals surface area contributed by atoms with Gasteiger partial charge in [0.25, 0.3) is 11.8 Å². The highest BCUT2D eigenvalue weighted by Crippen LogP contribution is 2.20. The van der Waals surface area contributed by atoms with Crippen molar-refractivity contribution < 1.29 is 19.1 Å². The molecule has 0 bridgehead atoms. The van der Waals surface area contributed by atoms with E-state index in [4.69, 9.17) is 4.74 Å². The zero-order valence-corrected chi connectivity index (χ0v) is 19.5. The number of carbonyl (C=O) groups excluding carboxylic acids is 3. The summed E-state index contributed by atoms with van der Waals surface area (Å²) in [5, 5.41) is 5.75. The van der Waals surface area contributed by atoms with Crippen molar-refractivity contribution in [3.8, 4) is 5.75 Å². The van der Waals surface area contributed by atoms with Gasteiger partial charge in [0, 0.05) is 18.6 Å². The zero-order chi connectivity index (χ0) is 23.0. The second-order valence-corrected chi connectivity index (χ2v) is 9.62. The first-order valence-electron chi connectivity index (χ1n) is 11.2. The van der Waals surface area contributed by atoms with Crippen LogP contribution in [0.25, 0.3) is 0 Å². The Kier molecular flexibility index (Phi) is 8.89. The van der Waals surface area contributed by atoms with Gasteiger partial charge in [0.1, 0.15) is 11.8 Å². The molecule has 3 amide bonds. The van der Waals surface area contributed by atoms with Crippen LogP contribution in [-0.4, -0.2) is 53.9 Å². The summed E-state index contributed by atoms with van der Waals surface area (Å²) < 4.78 is 5.64. The Bertz CT molecular complexity index is 764. The van der Waals surface area contributed by atoms with Crippen LogP contribution in [0.15, 0.2) is 24.3 Å². The fraction of sp³-hybridized carbons (Fsp3) is 0.625. The molecule has 2 N–H and O–H groups in total. The second-order valence-electron chi connectivity index (χ2n) is 9.62. The maximum atomic E-state index is 13.1. The standard InChI is InChI=1S/C24H37N3O4/c1-17(2)15-19(23(30)27-13-9-6-10-14-27)25-22(29)18-11-7-8-12-20(18)31-16-21(28)26-24(3,4)5/h7-8,11-12,17,19H,6,9-10,13-16H2,1-5H3,(H,25,29)(H,26,28)/t19-/m0/s1. The molecule has 0 unspecified atom stereocenters. The number of hydrogen-bond donors (Lipinski definition) is 2. The van der Waals surface area contributed by atoms with E-state index in [0.717, 1.165) is 32.4 Å². The van der Waals surface area contributed by atoms with Crippen molar-refractivity contribution in [3.63, 3.8) is 0 Å². The Labute approximate surface area is 185 Å².